The van der Waals surface area contributed by atoms with Gasteiger partial charge in [0.25, 0.3) is 0 Å². The highest BCUT2D eigenvalue weighted by atomic mass is 17.1. The fourth-order valence-corrected chi connectivity index (χ4v) is 0.222. The second kappa shape index (κ2) is 4.26. The van der Waals surface area contributed by atoms with E-state index in [0.29, 0.717) is 6.29 Å². The number of carbonyl (C=O) groups excluding carboxylic acids is 2. The van der Waals surface area contributed by atoms with Crippen molar-refractivity contribution >= 4 is 12.3 Å². The highest BCUT2D eigenvalue weighted by Gasteiger charge is 1.97. The molecule has 0 rings (SSSR count). The van der Waals surface area contributed by atoms with Crippen LogP contribution in [0.25, 0.3) is 0 Å². The summed E-state index contributed by atoms with van der Waals surface area (Å²) in [6.07, 6.45) is 0.621. The molecule has 0 saturated heterocycles. The van der Waals surface area contributed by atoms with Gasteiger partial charge in [0.2, 0.25) is 0 Å². The van der Waals surface area contributed by atoms with E-state index in [-0.39, 0.29) is 12.8 Å². The van der Waals surface area contributed by atoms with Crippen LogP contribution in [0.3, 0.4) is 0 Å². The first-order valence-electron chi connectivity index (χ1n) is 2.09. The fraction of sp³-hybridized carbons (Fsp3) is 0.500. The standard InChI is InChI=1S/C4H6O4/c5-3-1-2-4(6)8-7/h3,7H,1-2H2. The van der Waals surface area contributed by atoms with Gasteiger partial charge < -0.3 is 9.68 Å². The molecule has 4 nitrogen and oxygen atoms in total. The molecule has 1 N–H and O–H groups in total. The van der Waals surface area contributed by atoms with E-state index in [2.05, 4.69) is 4.89 Å². The number of carbonyl (C=O) groups is 2. The van der Waals surface area contributed by atoms with Crippen LogP contribution < -0.4 is 0 Å². The van der Waals surface area contributed by atoms with E-state index in [9.17, 15) is 9.59 Å². The lowest BCUT2D eigenvalue weighted by Gasteiger charge is -1.87. The zero-order valence-corrected chi connectivity index (χ0v) is 4.16. The highest BCUT2D eigenvalue weighted by molar-refractivity contribution is 5.71. The summed E-state index contributed by atoms with van der Waals surface area (Å²) in [7, 11) is 0. The average Bonchev–Trinajstić information content (AvgIpc) is 1.83. The first-order valence-corrected chi connectivity index (χ1v) is 2.09. The average molecular weight is 118 g/mol. The number of aldehydes is 1. The molecular formula is C4H6O4. The molecule has 0 bridgehead atoms. The molecule has 0 heterocycles. The number of hydrogen-bond donors (Lipinski definition) is 1. The molecule has 0 saturated carbocycles. The smallest absolute Gasteiger partial charge is 0.303 e. The lowest BCUT2D eigenvalue weighted by atomic mass is 10.3. The molecule has 0 aliphatic carbocycles. The Labute approximate surface area is 46.0 Å². The molecule has 0 unspecified atom stereocenters. The van der Waals surface area contributed by atoms with Crippen molar-refractivity contribution in [2.75, 3.05) is 0 Å². The second-order valence-corrected chi connectivity index (χ2v) is 1.17. The minimum atomic E-state index is -0.780. The van der Waals surface area contributed by atoms with Crippen molar-refractivity contribution in [3.05, 3.63) is 0 Å². The molecule has 0 radical (unpaired) electrons. The Balaban J connectivity index is 3.11. The highest BCUT2D eigenvalue weighted by Crippen LogP contribution is 1.85. The zero-order chi connectivity index (χ0) is 6.41. The van der Waals surface area contributed by atoms with Crippen LogP contribution in [0.1, 0.15) is 12.8 Å². The normalized spacial score (nSPS) is 8.12. The van der Waals surface area contributed by atoms with E-state index in [1.807, 2.05) is 0 Å². The van der Waals surface area contributed by atoms with Crippen LogP contribution in [0, 0.1) is 0 Å². The van der Waals surface area contributed by atoms with Crippen molar-refractivity contribution in [1.82, 2.24) is 0 Å². The van der Waals surface area contributed by atoms with E-state index in [1.54, 1.807) is 0 Å². The van der Waals surface area contributed by atoms with Gasteiger partial charge in [-0.25, -0.2) is 4.79 Å². The second-order valence-electron chi connectivity index (χ2n) is 1.17. The molecule has 4 heteroatoms. The van der Waals surface area contributed by atoms with Gasteiger partial charge in [0, 0.05) is 6.42 Å². The van der Waals surface area contributed by atoms with Crippen LogP contribution in [0.2, 0.25) is 0 Å². The molecule has 0 aliphatic heterocycles. The maximum Gasteiger partial charge on any atom is 0.342 e. The number of hydrogen-bond acceptors (Lipinski definition) is 4. The van der Waals surface area contributed by atoms with E-state index in [4.69, 9.17) is 5.26 Å². The summed E-state index contributed by atoms with van der Waals surface area (Å²) < 4.78 is 0. The molecular weight excluding hydrogens is 112 g/mol. The van der Waals surface area contributed by atoms with E-state index >= 15 is 0 Å². The molecule has 0 atom stereocenters. The maximum absolute atomic E-state index is 9.94. The molecule has 0 aliphatic rings. The van der Waals surface area contributed by atoms with Crippen LogP contribution in [-0.4, -0.2) is 17.5 Å². The maximum atomic E-state index is 9.94. The van der Waals surface area contributed by atoms with Gasteiger partial charge in [0.05, 0.1) is 6.42 Å². The summed E-state index contributed by atoms with van der Waals surface area (Å²) in [6, 6.07) is 0. The predicted molar refractivity (Wildman–Crippen MR) is 24.0 cm³/mol. The van der Waals surface area contributed by atoms with E-state index in [0.717, 1.165) is 0 Å². The molecule has 0 aromatic rings. The molecule has 0 amide bonds. The largest absolute Gasteiger partial charge is 0.342 e. The molecule has 46 valence electrons. The van der Waals surface area contributed by atoms with Gasteiger partial charge in [-0.3, -0.25) is 0 Å². The van der Waals surface area contributed by atoms with Gasteiger partial charge in [0.15, 0.2) is 0 Å². The SMILES string of the molecule is O=CCCC(=O)OO. The summed E-state index contributed by atoms with van der Waals surface area (Å²) in [6.45, 7) is 0. The van der Waals surface area contributed by atoms with Crippen LogP contribution in [0.4, 0.5) is 0 Å². The third-order valence-electron chi connectivity index (χ3n) is 0.568. The zero-order valence-electron chi connectivity index (χ0n) is 4.16. The minimum Gasteiger partial charge on any atom is -0.303 e. The van der Waals surface area contributed by atoms with Crippen LogP contribution in [-0.2, 0) is 14.5 Å². The number of rotatable bonds is 3. The van der Waals surface area contributed by atoms with E-state index in [1.165, 1.54) is 0 Å². The first-order chi connectivity index (χ1) is 3.81. The van der Waals surface area contributed by atoms with Gasteiger partial charge in [-0.2, -0.15) is 5.26 Å². The minimum absolute atomic E-state index is 0.0556. The molecule has 8 heavy (non-hydrogen) atoms. The van der Waals surface area contributed by atoms with Crippen LogP contribution >= 0.6 is 0 Å². The monoisotopic (exact) mass is 118 g/mol. The quantitative estimate of drug-likeness (QED) is 0.321. The Bertz CT molecular complexity index is 88.0. The van der Waals surface area contributed by atoms with Gasteiger partial charge >= 0.3 is 5.97 Å². The van der Waals surface area contributed by atoms with Crippen molar-refractivity contribution in [3.63, 3.8) is 0 Å². The Morgan fingerprint density at radius 3 is 2.75 bits per heavy atom. The molecule has 0 aromatic carbocycles. The van der Waals surface area contributed by atoms with Gasteiger partial charge in [0.1, 0.15) is 6.29 Å². The molecule has 0 spiro atoms. The summed E-state index contributed by atoms with van der Waals surface area (Å²) in [5.41, 5.74) is 0. The fourth-order valence-electron chi connectivity index (χ4n) is 0.222. The molecule has 0 fully saturated rings. The van der Waals surface area contributed by atoms with Gasteiger partial charge in [-0.15, -0.1) is 0 Å². The Morgan fingerprint density at radius 1 is 1.75 bits per heavy atom. The lowest BCUT2D eigenvalue weighted by molar-refractivity contribution is -0.234. The van der Waals surface area contributed by atoms with E-state index < -0.39 is 5.97 Å². The summed E-state index contributed by atoms with van der Waals surface area (Å²) >= 11 is 0. The molecule has 0 aromatic heterocycles. The summed E-state index contributed by atoms with van der Waals surface area (Å²) in [4.78, 5) is 22.7. The Hall–Kier alpha value is -0.900. The first kappa shape index (κ1) is 7.10. The van der Waals surface area contributed by atoms with Crippen molar-refractivity contribution in [3.8, 4) is 0 Å². The Kier molecular flexibility index (Phi) is 3.78. The third-order valence-corrected chi connectivity index (χ3v) is 0.568. The predicted octanol–water partition coefficient (Wildman–Crippen LogP) is -0.0183. The van der Waals surface area contributed by atoms with Crippen molar-refractivity contribution < 1.29 is 19.7 Å². The third kappa shape index (κ3) is 3.30. The lowest BCUT2D eigenvalue weighted by Crippen LogP contribution is -1.99. The van der Waals surface area contributed by atoms with Crippen molar-refractivity contribution in [2.24, 2.45) is 0 Å². The van der Waals surface area contributed by atoms with Crippen LogP contribution in [0.15, 0.2) is 0 Å². The van der Waals surface area contributed by atoms with Crippen molar-refractivity contribution in [2.45, 2.75) is 12.8 Å². The Morgan fingerprint density at radius 2 is 2.38 bits per heavy atom. The summed E-state index contributed by atoms with van der Waals surface area (Å²) in [5, 5.41) is 7.60. The van der Waals surface area contributed by atoms with Crippen LogP contribution in [0.5, 0.6) is 0 Å². The summed E-state index contributed by atoms with van der Waals surface area (Å²) in [5.74, 6) is -0.780. The van der Waals surface area contributed by atoms with Gasteiger partial charge in [-0.1, -0.05) is 0 Å². The topological polar surface area (TPSA) is 63.6 Å². The van der Waals surface area contributed by atoms with Gasteiger partial charge in [-0.05, 0) is 0 Å². The van der Waals surface area contributed by atoms with Crippen molar-refractivity contribution in [1.29, 1.82) is 0 Å².